The Kier molecular flexibility index (Phi) is 4.18. The molecule has 17 heavy (non-hydrogen) atoms. The van der Waals surface area contributed by atoms with Crippen LogP contribution in [0.3, 0.4) is 0 Å². The van der Waals surface area contributed by atoms with Gasteiger partial charge in [-0.15, -0.1) is 0 Å². The van der Waals surface area contributed by atoms with E-state index in [1.807, 2.05) is 6.21 Å². The van der Waals surface area contributed by atoms with Gasteiger partial charge in [-0.2, -0.15) is 0 Å². The smallest absolute Gasteiger partial charge is 0.0277 e. The Morgan fingerprint density at radius 3 is 3.06 bits per heavy atom. The number of nitrogens with two attached hydrogens (primary N) is 1. The maximum Gasteiger partial charge on any atom is 0.0277 e. The van der Waals surface area contributed by atoms with Crippen LogP contribution in [-0.2, 0) is 0 Å². The Balaban J connectivity index is 1.93. The van der Waals surface area contributed by atoms with Crippen molar-refractivity contribution in [2.24, 2.45) is 16.1 Å². The number of hydrogen-bond acceptors (Lipinski definition) is 4. The number of piperidine rings is 1. The largest absolute Gasteiger partial charge is 0.404 e. The van der Waals surface area contributed by atoms with Gasteiger partial charge in [0.25, 0.3) is 0 Å². The molecule has 0 bridgehead atoms. The van der Waals surface area contributed by atoms with E-state index in [1.54, 1.807) is 13.2 Å². The van der Waals surface area contributed by atoms with Gasteiger partial charge in [0.1, 0.15) is 0 Å². The molecular weight excluding hydrogens is 212 g/mol. The van der Waals surface area contributed by atoms with Gasteiger partial charge >= 0.3 is 0 Å². The second-order valence-corrected chi connectivity index (χ2v) is 5.37. The van der Waals surface area contributed by atoms with Crippen LogP contribution in [-0.4, -0.2) is 50.9 Å². The van der Waals surface area contributed by atoms with Gasteiger partial charge in [0, 0.05) is 32.9 Å². The number of hydrogen-bond donors (Lipinski definition) is 2. The highest BCUT2D eigenvalue weighted by atomic mass is 15.2. The molecule has 3 N–H and O–H groups in total. The van der Waals surface area contributed by atoms with Crippen molar-refractivity contribution in [2.75, 3.05) is 39.8 Å². The van der Waals surface area contributed by atoms with Crippen LogP contribution in [0.1, 0.15) is 19.3 Å². The van der Waals surface area contributed by atoms with Gasteiger partial charge in [0.2, 0.25) is 0 Å². The second kappa shape index (κ2) is 5.65. The maximum atomic E-state index is 5.63. The van der Waals surface area contributed by atoms with Gasteiger partial charge in [-0.1, -0.05) is 0 Å². The molecule has 2 saturated heterocycles. The summed E-state index contributed by atoms with van der Waals surface area (Å²) < 4.78 is 0. The standard InChI is InChI=1S/C13H24N4/c1-15-8-12(7-14)9-17-6-2-3-13(11-17)4-5-16-10-13/h7-8,16H,2-6,9-11,14H2,1H3. The van der Waals surface area contributed by atoms with E-state index in [1.165, 1.54) is 45.4 Å². The minimum absolute atomic E-state index is 0.529. The van der Waals surface area contributed by atoms with Crippen molar-refractivity contribution in [3.63, 3.8) is 0 Å². The van der Waals surface area contributed by atoms with E-state index in [9.17, 15) is 0 Å². The van der Waals surface area contributed by atoms with E-state index >= 15 is 0 Å². The Bertz CT molecular complexity index is 303. The molecule has 96 valence electrons. The fraction of sp³-hybridized carbons (Fsp3) is 0.769. The molecule has 2 heterocycles. The Morgan fingerprint density at radius 1 is 1.53 bits per heavy atom. The van der Waals surface area contributed by atoms with Crippen LogP contribution in [0.4, 0.5) is 0 Å². The van der Waals surface area contributed by atoms with Crippen LogP contribution >= 0.6 is 0 Å². The van der Waals surface area contributed by atoms with Gasteiger partial charge < -0.3 is 11.1 Å². The summed E-state index contributed by atoms with van der Waals surface area (Å²) in [5, 5.41) is 3.50. The second-order valence-electron chi connectivity index (χ2n) is 5.37. The SMILES string of the molecule is CN=CC(=CN)CN1CCCC2(CCNC2)C1. The van der Waals surface area contributed by atoms with Gasteiger partial charge in [-0.25, -0.2) is 0 Å². The van der Waals surface area contributed by atoms with Crippen molar-refractivity contribution in [3.8, 4) is 0 Å². The Morgan fingerprint density at radius 2 is 2.41 bits per heavy atom. The average molecular weight is 236 g/mol. The molecule has 0 radical (unpaired) electrons. The van der Waals surface area contributed by atoms with Crippen LogP contribution in [0.2, 0.25) is 0 Å². The Hall–Kier alpha value is -0.870. The minimum atomic E-state index is 0.529. The van der Waals surface area contributed by atoms with E-state index in [2.05, 4.69) is 15.2 Å². The van der Waals surface area contributed by atoms with E-state index in [0.29, 0.717) is 5.41 Å². The van der Waals surface area contributed by atoms with E-state index in [0.717, 1.165) is 12.1 Å². The third-order valence-electron chi connectivity index (χ3n) is 3.99. The van der Waals surface area contributed by atoms with Crippen LogP contribution in [0, 0.1) is 5.41 Å². The zero-order valence-electron chi connectivity index (χ0n) is 10.8. The highest BCUT2D eigenvalue weighted by Crippen LogP contribution is 2.35. The van der Waals surface area contributed by atoms with E-state index in [-0.39, 0.29) is 0 Å². The first-order chi connectivity index (χ1) is 8.28. The third kappa shape index (κ3) is 3.07. The number of nitrogens with zero attached hydrogens (tertiary/aromatic N) is 2. The maximum absolute atomic E-state index is 5.63. The van der Waals surface area contributed by atoms with Crippen LogP contribution < -0.4 is 11.1 Å². The summed E-state index contributed by atoms with van der Waals surface area (Å²) >= 11 is 0. The molecule has 0 aromatic carbocycles. The first-order valence-corrected chi connectivity index (χ1v) is 6.54. The number of nitrogens with one attached hydrogen (secondary N) is 1. The molecule has 0 amide bonds. The summed E-state index contributed by atoms with van der Waals surface area (Å²) in [5.74, 6) is 0. The summed E-state index contributed by atoms with van der Waals surface area (Å²) in [6.07, 6.45) is 7.56. The third-order valence-corrected chi connectivity index (χ3v) is 3.99. The molecule has 4 nitrogen and oxygen atoms in total. The highest BCUT2D eigenvalue weighted by molar-refractivity contribution is 5.78. The van der Waals surface area contributed by atoms with Crippen LogP contribution in [0.5, 0.6) is 0 Å². The van der Waals surface area contributed by atoms with Gasteiger partial charge in [0.15, 0.2) is 0 Å². The summed E-state index contributed by atoms with van der Waals surface area (Å²) in [6.45, 7) is 5.71. The summed E-state index contributed by atoms with van der Waals surface area (Å²) in [7, 11) is 1.79. The molecule has 0 aliphatic carbocycles. The lowest BCUT2D eigenvalue weighted by molar-refractivity contribution is 0.113. The lowest BCUT2D eigenvalue weighted by Gasteiger charge is -2.40. The lowest BCUT2D eigenvalue weighted by Crippen LogP contribution is -2.45. The summed E-state index contributed by atoms with van der Waals surface area (Å²) in [4.78, 5) is 6.57. The molecule has 1 atom stereocenters. The molecule has 2 fully saturated rings. The molecule has 0 aromatic heterocycles. The lowest BCUT2D eigenvalue weighted by atomic mass is 9.79. The van der Waals surface area contributed by atoms with Crippen LogP contribution in [0.25, 0.3) is 0 Å². The normalized spacial score (nSPS) is 31.7. The average Bonchev–Trinajstić information content (AvgIpc) is 2.77. The summed E-state index contributed by atoms with van der Waals surface area (Å²) in [6, 6.07) is 0. The molecule has 1 spiro atoms. The van der Waals surface area contributed by atoms with Crippen molar-refractivity contribution in [1.29, 1.82) is 0 Å². The minimum Gasteiger partial charge on any atom is -0.404 e. The van der Waals surface area contributed by atoms with Crippen LogP contribution in [0.15, 0.2) is 16.8 Å². The molecule has 0 saturated carbocycles. The predicted octanol–water partition coefficient (Wildman–Crippen LogP) is 0.605. The Labute approximate surface area is 104 Å². The van der Waals surface area contributed by atoms with Crippen molar-refractivity contribution in [2.45, 2.75) is 19.3 Å². The van der Waals surface area contributed by atoms with Gasteiger partial charge in [0.05, 0.1) is 0 Å². The monoisotopic (exact) mass is 236 g/mol. The molecule has 1 unspecified atom stereocenters. The quantitative estimate of drug-likeness (QED) is 0.706. The molecule has 2 aliphatic heterocycles. The summed E-state index contributed by atoms with van der Waals surface area (Å²) in [5.41, 5.74) is 7.28. The van der Waals surface area contributed by atoms with Gasteiger partial charge in [-0.3, -0.25) is 9.89 Å². The first-order valence-electron chi connectivity index (χ1n) is 6.54. The molecule has 2 aliphatic rings. The number of aliphatic imine (C=N–C) groups is 1. The zero-order valence-corrected chi connectivity index (χ0v) is 10.8. The molecule has 2 rings (SSSR count). The fourth-order valence-electron chi connectivity index (χ4n) is 3.15. The van der Waals surface area contributed by atoms with Crippen molar-refractivity contribution >= 4 is 6.21 Å². The molecular formula is C13H24N4. The van der Waals surface area contributed by atoms with Gasteiger partial charge in [-0.05, 0) is 49.5 Å². The van der Waals surface area contributed by atoms with E-state index < -0.39 is 0 Å². The number of likely N-dealkylation sites (tertiary alicyclic amines) is 1. The first kappa shape index (κ1) is 12.6. The molecule has 4 heteroatoms. The van der Waals surface area contributed by atoms with Crippen molar-refractivity contribution < 1.29 is 0 Å². The predicted molar refractivity (Wildman–Crippen MR) is 72.3 cm³/mol. The number of rotatable bonds is 3. The van der Waals surface area contributed by atoms with Crippen molar-refractivity contribution in [1.82, 2.24) is 10.2 Å². The van der Waals surface area contributed by atoms with Crippen molar-refractivity contribution in [3.05, 3.63) is 11.8 Å². The van der Waals surface area contributed by atoms with E-state index in [4.69, 9.17) is 5.73 Å². The topological polar surface area (TPSA) is 53.6 Å². The fourth-order valence-corrected chi connectivity index (χ4v) is 3.15. The highest BCUT2D eigenvalue weighted by Gasteiger charge is 2.37. The molecule has 0 aromatic rings. The zero-order chi connectivity index (χ0) is 12.1.